The number of nitrogens with one attached hydrogen (secondary N) is 2. The lowest BCUT2D eigenvalue weighted by molar-refractivity contribution is -0.0265. The van der Waals surface area contributed by atoms with Gasteiger partial charge in [0.2, 0.25) is 0 Å². The van der Waals surface area contributed by atoms with Gasteiger partial charge in [-0.1, -0.05) is 54.6 Å². The fraction of sp³-hybridized carbons (Fsp3) is 0.385. The minimum Gasteiger partial charge on any atom is -0.373 e. The lowest BCUT2D eigenvalue weighted by Crippen LogP contribution is -2.42. The smallest absolute Gasteiger partial charge is 0.191 e. The number of nitrogens with zero attached hydrogens (tertiary/aromatic N) is 3. The number of hydrogen-bond donors (Lipinski definition) is 2. The van der Waals surface area contributed by atoms with Crippen LogP contribution in [0, 0.1) is 5.92 Å². The van der Waals surface area contributed by atoms with Crippen LogP contribution in [0.5, 0.6) is 0 Å². The number of hydrogen-bond acceptors (Lipinski definition) is 3. The van der Waals surface area contributed by atoms with Crippen LogP contribution in [0.1, 0.15) is 42.6 Å². The first-order chi connectivity index (χ1) is 15.8. The Hall–Kier alpha value is -3.12. The Balaban J connectivity index is 1.41. The van der Waals surface area contributed by atoms with E-state index in [4.69, 9.17) is 9.73 Å². The molecule has 2 atom stereocenters. The molecule has 1 aliphatic heterocycles. The summed E-state index contributed by atoms with van der Waals surface area (Å²) >= 11 is 0. The van der Waals surface area contributed by atoms with Gasteiger partial charge in [-0.3, -0.25) is 4.68 Å². The van der Waals surface area contributed by atoms with Gasteiger partial charge in [-0.2, -0.15) is 5.10 Å². The van der Waals surface area contributed by atoms with E-state index in [1.54, 1.807) is 0 Å². The van der Waals surface area contributed by atoms with Gasteiger partial charge in [-0.15, -0.1) is 0 Å². The van der Waals surface area contributed by atoms with Crippen molar-refractivity contribution in [3.05, 3.63) is 89.7 Å². The van der Waals surface area contributed by atoms with Crippen LogP contribution in [0.4, 0.5) is 0 Å². The Morgan fingerprint density at radius 1 is 1.06 bits per heavy atom. The predicted octanol–water partition coefficient (Wildman–Crippen LogP) is 4.15. The van der Waals surface area contributed by atoms with Crippen molar-refractivity contribution in [3.8, 4) is 0 Å². The van der Waals surface area contributed by atoms with Crippen molar-refractivity contribution in [1.29, 1.82) is 0 Å². The summed E-state index contributed by atoms with van der Waals surface area (Å²) < 4.78 is 8.10. The molecule has 1 aromatic heterocycles. The second-order valence-electron chi connectivity index (χ2n) is 8.15. The van der Waals surface area contributed by atoms with Gasteiger partial charge in [-0.05, 0) is 42.5 Å². The summed E-state index contributed by atoms with van der Waals surface area (Å²) in [4.78, 5) is 4.88. The zero-order valence-corrected chi connectivity index (χ0v) is 18.8. The number of guanidine groups is 1. The topological polar surface area (TPSA) is 63.5 Å². The van der Waals surface area contributed by atoms with Crippen LogP contribution < -0.4 is 10.6 Å². The molecule has 0 saturated carbocycles. The molecule has 3 aromatic rings. The van der Waals surface area contributed by atoms with Crippen LogP contribution in [-0.4, -0.2) is 35.4 Å². The number of aliphatic imine (C=N–C) groups is 1. The van der Waals surface area contributed by atoms with E-state index >= 15 is 0 Å². The van der Waals surface area contributed by atoms with Gasteiger partial charge in [0.15, 0.2) is 5.96 Å². The van der Waals surface area contributed by atoms with E-state index in [0.29, 0.717) is 12.5 Å². The fourth-order valence-electron chi connectivity index (χ4n) is 4.23. The van der Waals surface area contributed by atoms with Crippen LogP contribution >= 0.6 is 0 Å². The van der Waals surface area contributed by atoms with Crippen molar-refractivity contribution in [2.45, 2.75) is 39.0 Å². The average molecular weight is 432 g/mol. The molecule has 2 unspecified atom stereocenters. The van der Waals surface area contributed by atoms with E-state index in [9.17, 15) is 0 Å². The molecular formula is C26H33N5O. The van der Waals surface area contributed by atoms with Crippen molar-refractivity contribution >= 4 is 5.96 Å². The zero-order valence-electron chi connectivity index (χ0n) is 18.8. The maximum atomic E-state index is 6.16. The largest absolute Gasteiger partial charge is 0.373 e. The van der Waals surface area contributed by atoms with Gasteiger partial charge in [0.1, 0.15) is 0 Å². The third kappa shape index (κ3) is 5.98. The summed E-state index contributed by atoms with van der Waals surface area (Å²) in [6.45, 7) is 5.96. The van der Waals surface area contributed by atoms with Crippen molar-refractivity contribution in [1.82, 2.24) is 20.4 Å². The molecule has 4 rings (SSSR count). The molecule has 0 spiro atoms. The highest BCUT2D eigenvalue weighted by Gasteiger charge is 2.27. The van der Waals surface area contributed by atoms with E-state index in [1.807, 2.05) is 23.1 Å². The summed E-state index contributed by atoms with van der Waals surface area (Å²) in [6, 6.07) is 20.9. The van der Waals surface area contributed by atoms with Crippen molar-refractivity contribution < 1.29 is 4.74 Å². The highest BCUT2D eigenvalue weighted by atomic mass is 16.5. The van der Waals surface area contributed by atoms with E-state index in [1.165, 1.54) is 16.7 Å². The molecule has 0 bridgehead atoms. The Morgan fingerprint density at radius 3 is 2.66 bits per heavy atom. The molecule has 32 heavy (non-hydrogen) atoms. The molecule has 2 heterocycles. The summed E-state index contributed by atoms with van der Waals surface area (Å²) in [5, 5.41) is 11.3. The molecule has 168 valence electrons. The van der Waals surface area contributed by atoms with Crippen molar-refractivity contribution in [2.24, 2.45) is 10.9 Å². The summed E-state index contributed by atoms with van der Waals surface area (Å²) in [5.41, 5.74) is 3.71. The maximum absolute atomic E-state index is 6.16. The second kappa shape index (κ2) is 11.5. The molecule has 0 radical (unpaired) electrons. The van der Waals surface area contributed by atoms with E-state index in [2.05, 4.69) is 77.3 Å². The van der Waals surface area contributed by atoms with Gasteiger partial charge in [0, 0.05) is 38.0 Å². The van der Waals surface area contributed by atoms with Crippen LogP contribution in [0.2, 0.25) is 0 Å². The number of ether oxygens (including phenoxy) is 1. The van der Waals surface area contributed by atoms with Crippen LogP contribution in [0.15, 0.2) is 78.0 Å². The Kier molecular flexibility index (Phi) is 7.93. The molecule has 1 saturated heterocycles. The van der Waals surface area contributed by atoms with Crippen molar-refractivity contribution in [2.75, 3.05) is 19.7 Å². The second-order valence-corrected chi connectivity index (χ2v) is 8.15. The summed E-state index contributed by atoms with van der Waals surface area (Å²) in [5.74, 6) is 1.26. The van der Waals surface area contributed by atoms with E-state index < -0.39 is 0 Å². The average Bonchev–Trinajstić information content (AvgIpc) is 3.36. The normalized spacial score (nSPS) is 19.0. The Bertz CT molecular complexity index is 971. The molecule has 6 heteroatoms. The molecule has 1 fully saturated rings. The van der Waals surface area contributed by atoms with Gasteiger partial charge in [0.25, 0.3) is 0 Å². The minimum atomic E-state index is 0.134. The third-order valence-corrected chi connectivity index (χ3v) is 5.87. The quantitative estimate of drug-likeness (QED) is 0.415. The number of aromatic nitrogens is 2. The molecule has 1 aliphatic rings. The molecule has 2 aromatic carbocycles. The van der Waals surface area contributed by atoms with Gasteiger partial charge in [-0.25, -0.2) is 4.99 Å². The van der Waals surface area contributed by atoms with Gasteiger partial charge < -0.3 is 15.4 Å². The van der Waals surface area contributed by atoms with Gasteiger partial charge in [0.05, 0.1) is 19.2 Å². The Labute approximate surface area is 190 Å². The predicted molar refractivity (Wildman–Crippen MR) is 128 cm³/mol. The lowest BCUT2D eigenvalue weighted by atomic mass is 9.89. The van der Waals surface area contributed by atoms with Crippen molar-refractivity contribution in [3.63, 3.8) is 0 Å². The SMILES string of the molecule is CCNC(=NCc1ccccc1Cn1cccn1)NCC1CCCOC1c1ccccc1. The van der Waals surface area contributed by atoms with Crippen LogP contribution in [-0.2, 0) is 17.8 Å². The first-order valence-corrected chi connectivity index (χ1v) is 11.6. The van der Waals surface area contributed by atoms with Crippen LogP contribution in [0.3, 0.4) is 0 Å². The summed E-state index contributed by atoms with van der Waals surface area (Å²) in [7, 11) is 0. The molecule has 0 aliphatic carbocycles. The zero-order chi connectivity index (χ0) is 22.0. The molecular weight excluding hydrogens is 398 g/mol. The van der Waals surface area contributed by atoms with E-state index in [0.717, 1.165) is 45.0 Å². The highest BCUT2D eigenvalue weighted by molar-refractivity contribution is 5.79. The monoisotopic (exact) mass is 431 g/mol. The molecule has 6 nitrogen and oxygen atoms in total. The lowest BCUT2D eigenvalue weighted by Gasteiger charge is -2.32. The third-order valence-electron chi connectivity index (χ3n) is 5.87. The molecule has 2 N–H and O–H groups in total. The Morgan fingerprint density at radius 2 is 1.88 bits per heavy atom. The molecule has 0 amide bonds. The minimum absolute atomic E-state index is 0.134. The highest BCUT2D eigenvalue weighted by Crippen LogP contribution is 2.33. The van der Waals surface area contributed by atoms with Gasteiger partial charge >= 0.3 is 0 Å². The fourth-order valence-corrected chi connectivity index (χ4v) is 4.23. The first kappa shape index (κ1) is 22.1. The van der Waals surface area contributed by atoms with E-state index in [-0.39, 0.29) is 6.10 Å². The number of benzene rings is 2. The summed E-state index contributed by atoms with van der Waals surface area (Å²) in [6.07, 6.45) is 6.19. The first-order valence-electron chi connectivity index (χ1n) is 11.6. The standard InChI is InChI=1S/C26H33N5O/c1-2-27-26(28-18-22-12-6-7-13-24(22)20-31-16-9-15-30-31)29-19-23-14-8-17-32-25(23)21-10-4-3-5-11-21/h3-7,9-13,15-16,23,25H,2,8,14,17-20H2,1H3,(H2,27,28,29). The van der Waals surface area contributed by atoms with Crippen LogP contribution in [0.25, 0.3) is 0 Å². The maximum Gasteiger partial charge on any atom is 0.191 e. The number of rotatable bonds is 8.